The molecular weight excluding hydrogens is 182 g/mol. The van der Waals surface area contributed by atoms with Crippen LogP contribution in [0.1, 0.15) is 37.3 Å². The Morgan fingerprint density at radius 3 is 2.67 bits per heavy atom. The quantitative estimate of drug-likeness (QED) is 0.439. The Morgan fingerprint density at radius 2 is 2.07 bits per heavy atom. The van der Waals surface area contributed by atoms with Crippen molar-refractivity contribution in [2.24, 2.45) is 0 Å². The molecule has 0 aliphatic carbocycles. The molecule has 0 spiro atoms. The van der Waals surface area contributed by atoms with Crippen LogP contribution in [0.2, 0.25) is 0 Å². The van der Waals surface area contributed by atoms with Gasteiger partial charge in [-0.3, -0.25) is 0 Å². The van der Waals surface area contributed by atoms with E-state index >= 15 is 0 Å². The molecule has 0 saturated heterocycles. The number of benzene rings is 1. The van der Waals surface area contributed by atoms with Crippen molar-refractivity contribution in [1.29, 1.82) is 0 Å². The number of unbranched alkanes of at least 4 members (excludes halogenated alkanes) is 1. The monoisotopic (exact) mass is 203 g/mol. The van der Waals surface area contributed by atoms with Crippen molar-refractivity contribution in [1.82, 2.24) is 0 Å². The average Bonchev–Trinajstić information content (AvgIpc) is 2.14. The van der Waals surface area contributed by atoms with Crippen LogP contribution in [0.3, 0.4) is 0 Å². The molecule has 0 unspecified atom stereocenters. The van der Waals surface area contributed by atoms with Crippen LogP contribution in [-0.4, -0.2) is 0 Å². The van der Waals surface area contributed by atoms with E-state index in [0.717, 1.165) is 18.5 Å². The van der Waals surface area contributed by atoms with Crippen LogP contribution in [-0.2, 0) is 6.42 Å². The van der Waals surface area contributed by atoms with Gasteiger partial charge in [0.05, 0.1) is 0 Å². The van der Waals surface area contributed by atoms with Gasteiger partial charge in [0.15, 0.2) is 0 Å². The van der Waals surface area contributed by atoms with E-state index in [1.165, 1.54) is 29.5 Å². The highest BCUT2D eigenvalue weighted by Gasteiger charge is 1.98. The van der Waals surface area contributed by atoms with Crippen molar-refractivity contribution in [2.45, 2.75) is 39.5 Å². The van der Waals surface area contributed by atoms with Crippen LogP contribution in [0.4, 0.5) is 5.69 Å². The lowest BCUT2D eigenvalue weighted by Gasteiger charge is -2.06. The van der Waals surface area contributed by atoms with Gasteiger partial charge in [0.1, 0.15) is 0 Å². The molecule has 0 amide bonds. The first-order valence-corrected chi connectivity index (χ1v) is 5.59. The standard InChI is InChI=1S/C14H21N/c1-11(2)6-4-5-7-13-8-9-14(15)10-12(13)3/h8-10H,1,4-7,15H2,2-3H3. The predicted molar refractivity (Wildman–Crippen MR) is 68.0 cm³/mol. The first-order chi connectivity index (χ1) is 7.09. The Balaban J connectivity index is 2.40. The molecule has 82 valence electrons. The summed E-state index contributed by atoms with van der Waals surface area (Å²) in [7, 11) is 0. The fourth-order valence-corrected chi connectivity index (χ4v) is 1.74. The van der Waals surface area contributed by atoms with Gasteiger partial charge < -0.3 is 5.73 Å². The van der Waals surface area contributed by atoms with Crippen molar-refractivity contribution in [3.63, 3.8) is 0 Å². The highest BCUT2D eigenvalue weighted by molar-refractivity contribution is 5.44. The highest BCUT2D eigenvalue weighted by atomic mass is 14.5. The molecule has 0 heterocycles. The van der Waals surface area contributed by atoms with Gasteiger partial charge in [0.25, 0.3) is 0 Å². The van der Waals surface area contributed by atoms with Gasteiger partial charge in [0, 0.05) is 5.69 Å². The lowest BCUT2D eigenvalue weighted by Crippen LogP contribution is -1.93. The SMILES string of the molecule is C=C(C)CCCCc1ccc(N)cc1C. The maximum absolute atomic E-state index is 5.71. The van der Waals surface area contributed by atoms with Crippen molar-refractivity contribution >= 4 is 5.69 Å². The second-order valence-corrected chi connectivity index (χ2v) is 4.35. The van der Waals surface area contributed by atoms with Crippen molar-refractivity contribution in [3.8, 4) is 0 Å². The Kier molecular flexibility index (Phi) is 4.41. The predicted octanol–water partition coefficient (Wildman–Crippen LogP) is 3.87. The van der Waals surface area contributed by atoms with E-state index in [0.29, 0.717) is 0 Å². The summed E-state index contributed by atoms with van der Waals surface area (Å²) in [6.07, 6.45) is 4.77. The molecule has 1 nitrogen and oxygen atoms in total. The van der Waals surface area contributed by atoms with Crippen molar-refractivity contribution in [3.05, 3.63) is 41.5 Å². The lowest BCUT2D eigenvalue weighted by atomic mass is 10.0. The van der Waals surface area contributed by atoms with Gasteiger partial charge >= 0.3 is 0 Å². The number of nitrogens with two attached hydrogens (primary N) is 1. The van der Waals surface area contributed by atoms with Gasteiger partial charge in [-0.25, -0.2) is 0 Å². The first kappa shape index (κ1) is 11.8. The molecule has 1 heteroatoms. The minimum atomic E-state index is 0.859. The van der Waals surface area contributed by atoms with E-state index in [4.69, 9.17) is 5.73 Å². The number of hydrogen-bond donors (Lipinski definition) is 1. The molecular formula is C14H21N. The zero-order chi connectivity index (χ0) is 11.3. The third kappa shape index (κ3) is 4.20. The maximum atomic E-state index is 5.71. The molecule has 0 radical (unpaired) electrons. The smallest absolute Gasteiger partial charge is 0.0316 e. The topological polar surface area (TPSA) is 26.0 Å². The molecule has 2 N–H and O–H groups in total. The largest absolute Gasteiger partial charge is 0.399 e. The zero-order valence-electron chi connectivity index (χ0n) is 9.84. The summed E-state index contributed by atoms with van der Waals surface area (Å²) in [5.41, 5.74) is 10.6. The summed E-state index contributed by atoms with van der Waals surface area (Å²) in [6, 6.07) is 6.18. The Hall–Kier alpha value is -1.24. The molecule has 0 fully saturated rings. The van der Waals surface area contributed by atoms with Crippen LogP contribution >= 0.6 is 0 Å². The minimum Gasteiger partial charge on any atom is -0.399 e. The van der Waals surface area contributed by atoms with Gasteiger partial charge in [-0.2, -0.15) is 0 Å². The summed E-state index contributed by atoms with van der Waals surface area (Å²) < 4.78 is 0. The number of hydrogen-bond acceptors (Lipinski definition) is 1. The number of anilines is 1. The van der Waals surface area contributed by atoms with Gasteiger partial charge in [-0.15, -0.1) is 6.58 Å². The number of rotatable bonds is 5. The fraction of sp³-hybridized carbons (Fsp3) is 0.429. The van der Waals surface area contributed by atoms with Crippen LogP contribution < -0.4 is 5.73 Å². The summed E-state index contributed by atoms with van der Waals surface area (Å²) in [6.45, 7) is 8.13. The molecule has 0 saturated carbocycles. The van der Waals surface area contributed by atoms with Gasteiger partial charge in [-0.1, -0.05) is 11.6 Å². The van der Waals surface area contributed by atoms with E-state index in [9.17, 15) is 0 Å². The molecule has 0 bridgehead atoms. The fourth-order valence-electron chi connectivity index (χ4n) is 1.74. The second kappa shape index (κ2) is 5.59. The second-order valence-electron chi connectivity index (χ2n) is 4.35. The summed E-state index contributed by atoms with van der Waals surface area (Å²) in [4.78, 5) is 0. The summed E-state index contributed by atoms with van der Waals surface area (Å²) in [5.74, 6) is 0. The van der Waals surface area contributed by atoms with Crippen molar-refractivity contribution in [2.75, 3.05) is 5.73 Å². The summed E-state index contributed by atoms with van der Waals surface area (Å²) >= 11 is 0. The molecule has 0 aromatic heterocycles. The third-order valence-corrected chi connectivity index (χ3v) is 2.67. The molecule has 0 aliphatic heterocycles. The number of aryl methyl sites for hydroxylation is 2. The van der Waals surface area contributed by atoms with E-state index in [1.807, 2.05) is 12.1 Å². The number of allylic oxidation sites excluding steroid dienone is 1. The van der Waals surface area contributed by atoms with E-state index in [-0.39, 0.29) is 0 Å². The maximum Gasteiger partial charge on any atom is 0.0316 e. The lowest BCUT2D eigenvalue weighted by molar-refractivity contribution is 0.728. The zero-order valence-corrected chi connectivity index (χ0v) is 9.84. The van der Waals surface area contributed by atoms with Gasteiger partial charge in [0.2, 0.25) is 0 Å². The van der Waals surface area contributed by atoms with E-state index in [2.05, 4.69) is 26.5 Å². The molecule has 0 atom stereocenters. The van der Waals surface area contributed by atoms with Crippen LogP contribution in [0.15, 0.2) is 30.4 Å². The molecule has 15 heavy (non-hydrogen) atoms. The Labute approximate surface area is 93.0 Å². The average molecular weight is 203 g/mol. The Bertz CT molecular complexity index is 339. The molecule has 1 aromatic carbocycles. The molecule has 1 aromatic rings. The van der Waals surface area contributed by atoms with Crippen LogP contribution in [0.25, 0.3) is 0 Å². The van der Waals surface area contributed by atoms with E-state index < -0.39 is 0 Å². The van der Waals surface area contributed by atoms with E-state index in [1.54, 1.807) is 0 Å². The normalized spacial score (nSPS) is 10.3. The molecule has 1 rings (SSSR count). The molecule has 0 aliphatic rings. The minimum absolute atomic E-state index is 0.859. The third-order valence-electron chi connectivity index (χ3n) is 2.67. The first-order valence-electron chi connectivity index (χ1n) is 5.59. The summed E-state index contributed by atoms with van der Waals surface area (Å²) in [5, 5.41) is 0. The van der Waals surface area contributed by atoms with Crippen LogP contribution in [0.5, 0.6) is 0 Å². The highest BCUT2D eigenvalue weighted by Crippen LogP contribution is 2.16. The van der Waals surface area contributed by atoms with Crippen molar-refractivity contribution < 1.29 is 0 Å². The number of nitrogen functional groups attached to an aromatic ring is 1. The van der Waals surface area contributed by atoms with Gasteiger partial charge in [-0.05, 0) is 62.8 Å². The Morgan fingerprint density at radius 1 is 1.33 bits per heavy atom. The van der Waals surface area contributed by atoms with Crippen LogP contribution in [0, 0.1) is 6.92 Å².